The van der Waals surface area contributed by atoms with Crippen molar-refractivity contribution in [3.63, 3.8) is 0 Å². The van der Waals surface area contributed by atoms with Crippen LogP contribution in [0.4, 0.5) is 4.39 Å². The summed E-state index contributed by atoms with van der Waals surface area (Å²) in [6.45, 7) is 2.41. The van der Waals surface area contributed by atoms with Gasteiger partial charge in [-0.1, -0.05) is 48.1 Å². The first kappa shape index (κ1) is 16.6. The van der Waals surface area contributed by atoms with E-state index in [0.717, 1.165) is 34.5 Å². The maximum atomic E-state index is 14.2. The van der Waals surface area contributed by atoms with Gasteiger partial charge >= 0.3 is 0 Å². The van der Waals surface area contributed by atoms with Crippen LogP contribution in [0.25, 0.3) is 10.9 Å². The van der Waals surface area contributed by atoms with Crippen LogP contribution in [0, 0.1) is 5.82 Å². The SMILES string of the molecule is Fc1cccc(Cl)c1Cn1cc(C(=S)N2CCCC2)c2ccccc21. The number of rotatable bonds is 3. The topological polar surface area (TPSA) is 8.17 Å². The lowest BCUT2D eigenvalue weighted by atomic mass is 10.1. The van der Waals surface area contributed by atoms with Gasteiger partial charge in [0, 0.05) is 46.3 Å². The van der Waals surface area contributed by atoms with Crippen LogP contribution >= 0.6 is 23.8 Å². The Labute approximate surface area is 156 Å². The van der Waals surface area contributed by atoms with Crippen LogP contribution in [0.2, 0.25) is 5.02 Å². The lowest BCUT2D eigenvalue weighted by molar-refractivity contribution is 0.530. The van der Waals surface area contributed by atoms with Gasteiger partial charge in [0.2, 0.25) is 0 Å². The van der Waals surface area contributed by atoms with Crippen molar-refractivity contribution in [2.75, 3.05) is 13.1 Å². The van der Waals surface area contributed by atoms with E-state index in [1.165, 1.54) is 18.9 Å². The van der Waals surface area contributed by atoms with Crippen molar-refractivity contribution in [3.05, 3.63) is 70.6 Å². The van der Waals surface area contributed by atoms with Crippen molar-refractivity contribution >= 4 is 39.7 Å². The molecule has 0 spiro atoms. The Morgan fingerprint density at radius 1 is 1.08 bits per heavy atom. The van der Waals surface area contributed by atoms with Gasteiger partial charge in [0.1, 0.15) is 10.8 Å². The Bertz CT molecular complexity index is 924. The van der Waals surface area contributed by atoms with Gasteiger partial charge in [-0.05, 0) is 31.0 Å². The fraction of sp³-hybridized carbons (Fsp3) is 0.250. The summed E-state index contributed by atoms with van der Waals surface area (Å²) in [6.07, 6.45) is 4.40. The summed E-state index contributed by atoms with van der Waals surface area (Å²) in [5.41, 5.74) is 2.59. The van der Waals surface area contributed by atoms with E-state index < -0.39 is 0 Å². The Kier molecular flexibility index (Phi) is 4.48. The van der Waals surface area contributed by atoms with Crippen LogP contribution in [-0.4, -0.2) is 27.5 Å². The predicted molar refractivity (Wildman–Crippen MR) is 105 cm³/mol. The van der Waals surface area contributed by atoms with Gasteiger partial charge in [0.15, 0.2) is 0 Å². The summed E-state index contributed by atoms with van der Waals surface area (Å²) >= 11 is 12.0. The van der Waals surface area contributed by atoms with E-state index in [9.17, 15) is 4.39 Å². The van der Waals surface area contributed by atoms with Gasteiger partial charge in [0.25, 0.3) is 0 Å². The number of thiocarbonyl (C=S) groups is 1. The van der Waals surface area contributed by atoms with Gasteiger partial charge in [-0.15, -0.1) is 0 Å². The number of hydrogen-bond acceptors (Lipinski definition) is 1. The van der Waals surface area contributed by atoms with Crippen molar-refractivity contribution in [3.8, 4) is 0 Å². The molecule has 4 rings (SSSR count). The van der Waals surface area contributed by atoms with Gasteiger partial charge in [-0.25, -0.2) is 4.39 Å². The van der Waals surface area contributed by atoms with Crippen LogP contribution in [-0.2, 0) is 6.54 Å². The smallest absolute Gasteiger partial charge is 0.129 e. The minimum absolute atomic E-state index is 0.283. The lowest BCUT2D eigenvalue weighted by Gasteiger charge is -2.17. The number of para-hydroxylation sites is 1. The number of nitrogens with zero attached hydrogens (tertiary/aromatic N) is 2. The predicted octanol–water partition coefficient (Wildman–Crippen LogP) is 5.25. The highest BCUT2D eigenvalue weighted by molar-refractivity contribution is 7.80. The molecule has 1 saturated heterocycles. The third kappa shape index (κ3) is 3.05. The molecule has 1 aromatic heterocycles. The second kappa shape index (κ2) is 6.77. The zero-order valence-electron chi connectivity index (χ0n) is 13.7. The Morgan fingerprint density at radius 3 is 2.60 bits per heavy atom. The molecule has 2 aromatic carbocycles. The average molecular weight is 373 g/mol. The second-order valence-electron chi connectivity index (χ2n) is 6.39. The van der Waals surface area contributed by atoms with Crippen LogP contribution < -0.4 is 0 Å². The van der Waals surface area contributed by atoms with Crippen molar-refractivity contribution in [1.29, 1.82) is 0 Å². The maximum Gasteiger partial charge on any atom is 0.129 e. The molecule has 1 aliphatic rings. The number of aromatic nitrogens is 1. The molecule has 3 aromatic rings. The Morgan fingerprint density at radius 2 is 1.84 bits per heavy atom. The molecule has 2 heterocycles. The molecule has 0 radical (unpaired) electrons. The van der Waals surface area contributed by atoms with E-state index in [2.05, 4.69) is 11.0 Å². The fourth-order valence-corrected chi connectivity index (χ4v) is 4.06. The highest BCUT2D eigenvalue weighted by Crippen LogP contribution is 2.27. The van der Waals surface area contributed by atoms with Crippen molar-refractivity contribution in [2.24, 2.45) is 0 Å². The summed E-state index contributed by atoms with van der Waals surface area (Å²) in [4.78, 5) is 3.14. The summed E-state index contributed by atoms with van der Waals surface area (Å²) < 4.78 is 16.3. The van der Waals surface area contributed by atoms with Crippen LogP contribution in [0.15, 0.2) is 48.7 Å². The molecule has 0 unspecified atom stereocenters. The molecule has 1 fully saturated rings. The number of halogens is 2. The van der Waals surface area contributed by atoms with Crippen LogP contribution in [0.5, 0.6) is 0 Å². The molecular weight excluding hydrogens is 355 g/mol. The first-order valence-corrected chi connectivity index (χ1v) is 9.24. The molecule has 0 saturated carbocycles. The number of fused-ring (bicyclic) bond motifs is 1. The quantitative estimate of drug-likeness (QED) is 0.580. The highest BCUT2D eigenvalue weighted by atomic mass is 35.5. The average Bonchev–Trinajstić information content (AvgIpc) is 3.26. The zero-order valence-corrected chi connectivity index (χ0v) is 15.3. The van der Waals surface area contributed by atoms with Gasteiger partial charge in [-0.2, -0.15) is 0 Å². The Balaban J connectivity index is 1.78. The highest BCUT2D eigenvalue weighted by Gasteiger charge is 2.20. The summed E-state index contributed by atoms with van der Waals surface area (Å²) in [6, 6.07) is 12.9. The molecule has 2 nitrogen and oxygen atoms in total. The van der Waals surface area contributed by atoms with Gasteiger partial charge in [-0.3, -0.25) is 0 Å². The molecule has 0 amide bonds. The van der Waals surface area contributed by atoms with Gasteiger partial charge in [0.05, 0.1) is 6.54 Å². The first-order chi connectivity index (χ1) is 12.1. The van der Waals surface area contributed by atoms with E-state index in [0.29, 0.717) is 17.1 Å². The normalized spacial score (nSPS) is 14.4. The van der Waals surface area contributed by atoms with E-state index >= 15 is 0 Å². The minimum atomic E-state index is -0.283. The maximum absolute atomic E-state index is 14.2. The molecule has 25 heavy (non-hydrogen) atoms. The van der Waals surface area contributed by atoms with E-state index in [-0.39, 0.29) is 5.82 Å². The lowest BCUT2D eigenvalue weighted by Crippen LogP contribution is -2.26. The second-order valence-corrected chi connectivity index (χ2v) is 7.18. The van der Waals surface area contributed by atoms with E-state index in [4.69, 9.17) is 23.8 Å². The van der Waals surface area contributed by atoms with Crippen molar-refractivity contribution < 1.29 is 4.39 Å². The molecule has 0 N–H and O–H groups in total. The molecule has 0 atom stereocenters. The van der Waals surface area contributed by atoms with Gasteiger partial charge < -0.3 is 9.47 Å². The van der Waals surface area contributed by atoms with E-state index in [1.54, 1.807) is 12.1 Å². The number of hydrogen-bond donors (Lipinski definition) is 0. The summed E-state index contributed by atoms with van der Waals surface area (Å²) in [5, 5.41) is 1.55. The molecule has 1 aliphatic heterocycles. The number of benzene rings is 2. The monoisotopic (exact) mass is 372 g/mol. The molecular formula is C20H18ClFN2S. The van der Waals surface area contributed by atoms with Crippen molar-refractivity contribution in [2.45, 2.75) is 19.4 Å². The largest absolute Gasteiger partial charge is 0.362 e. The van der Waals surface area contributed by atoms with Crippen molar-refractivity contribution in [1.82, 2.24) is 9.47 Å². The number of likely N-dealkylation sites (tertiary alicyclic amines) is 1. The third-order valence-electron chi connectivity index (χ3n) is 4.80. The van der Waals surface area contributed by atoms with Crippen LogP contribution in [0.1, 0.15) is 24.0 Å². The molecule has 0 aliphatic carbocycles. The fourth-order valence-electron chi connectivity index (χ4n) is 3.49. The Hall–Kier alpha value is -1.91. The molecule has 128 valence electrons. The van der Waals surface area contributed by atoms with E-state index in [1.807, 2.05) is 29.0 Å². The standard InChI is InChI=1S/C20H18ClFN2S/c21-17-7-5-8-18(22)16(17)13-24-12-15(14-6-1-2-9-19(14)24)20(25)23-10-3-4-11-23/h1-2,5-9,12H,3-4,10-11,13H2. The third-order valence-corrected chi connectivity index (χ3v) is 5.63. The first-order valence-electron chi connectivity index (χ1n) is 8.45. The zero-order chi connectivity index (χ0) is 17.4. The molecule has 0 bridgehead atoms. The minimum Gasteiger partial charge on any atom is -0.362 e. The summed E-state index contributed by atoms with van der Waals surface area (Å²) in [7, 11) is 0. The van der Waals surface area contributed by atoms with Crippen LogP contribution in [0.3, 0.4) is 0 Å². The summed E-state index contributed by atoms with van der Waals surface area (Å²) in [5.74, 6) is -0.283. The molecule has 5 heteroatoms.